The summed E-state index contributed by atoms with van der Waals surface area (Å²) in [7, 11) is 0. The second-order valence-electron chi connectivity index (χ2n) is 4.01. The number of non-ortho nitro benzene ring substituents is 1. The molecule has 0 radical (unpaired) electrons. The summed E-state index contributed by atoms with van der Waals surface area (Å²) < 4.78 is 0. The van der Waals surface area contributed by atoms with E-state index >= 15 is 0 Å². The number of aryl methyl sites for hydroxylation is 2. The van der Waals surface area contributed by atoms with E-state index in [4.69, 9.17) is 0 Å². The Morgan fingerprint density at radius 2 is 2.11 bits per heavy atom. The predicted molar refractivity (Wildman–Crippen MR) is 66.9 cm³/mol. The Kier molecular flexibility index (Phi) is 3.23. The molecule has 8 heteroatoms. The summed E-state index contributed by atoms with van der Waals surface area (Å²) in [4.78, 5) is 26.0. The number of carbonyl (C=O) groups excluding carboxylic acids is 1. The number of amides is 1. The zero-order valence-electron chi connectivity index (χ0n) is 10.3. The van der Waals surface area contributed by atoms with E-state index in [9.17, 15) is 14.9 Å². The Bertz CT molecular complexity index is 650. The predicted octanol–water partition coefficient (Wildman–Crippen LogP) is 1.58. The highest BCUT2D eigenvalue weighted by Gasteiger charge is 2.14. The van der Waals surface area contributed by atoms with Gasteiger partial charge < -0.3 is 0 Å². The number of nitrogens with zero attached hydrogens (tertiary/aromatic N) is 3. The van der Waals surface area contributed by atoms with Crippen LogP contribution in [0.5, 0.6) is 0 Å². The van der Waals surface area contributed by atoms with Gasteiger partial charge in [-0.3, -0.25) is 25.3 Å². The van der Waals surface area contributed by atoms with Crippen molar-refractivity contribution in [2.45, 2.75) is 13.8 Å². The second kappa shape index (κ2) is 4.84. The quantitative estimate of drug-likeness (QED) is 0.643. The number of nitro benzene ring substituents is 1. The lowest BCUT2D eigenvalue weighted by Gasteiger charge is -2.02. The maximum Gasteiger partial charge on any atom is 0.270 e. The molecule has 0 spiro atoms. The minimum absolute atomic E-state index is 0.128. The van der Waals surface area contributed by atoms with Crippen molar-refractivity contribution in [3.8, 4) is 0 Å². The fraction of sp³-hybridized carbons (Fsp3) is 0.182. The van der Waals surface area contributed by atoms with Gasteiger partial charge in [0.25, 0.3) is 11.6 Å². The van der Waals surface area contributed by atoms with Crippen molar-refractivity contribution in [2.75, 3.05) is 5.32 Å². The molecular formula is C11H11N5O3. The Balaban J connectivity index is 2.26. The van der Waals surface area contributed by atoms with E-state index < -0.39 is 10.8 Å². The van der Waals surface area contributed by atoms with Gasteiger partial charge in [-0.1, -0.05) is 0 Å². The van der Waals surface area contributed by atoms with E-state index in [1.54, 1.807) is 19.9 Å². The van der Waals surface area contributed by atoms with Crippen LogP contribution in [0, 0.1) is 24.0 Å². The fourth-order valence-electron chi connectivity index (χ4n) is 1.57. The third kappa shape index (κ3) is 2.92. The molecule has 1 heterocycles. The Morgan fingerprint density at radius 3 is 2.68 bits per heavy atom. The van der Waals surface area contributed by atoms with Gasteiger partial charge in [0.15, 0.2) is 0 Å². The SMILES string of the molecule is Cc1cc(C(=O)Nc2n[nH]c(C)n2)cc([N+](=O)[O-])c1. The summed E-state index contributed by atoms with van der Waals surface area (Å²) in [5.74, 6) is 0.197. The molecule has 0 bridgehead atoms. The van der Waals surface area contributed by atoms with Gasteiger partial charge >= 0.3 is 0 Å². The molecule has 8 nitrogen and oxygen atoms in total. The van der Waals surface area contributed by atoms with E-state index in [1.165, 1.54) is 12.1 Å². The van der Waals surface area contributed by atoms with Gasteiger partial charge in [0.1, 0.15) is 5.82 Å². The first-order valence-electron chi connectivity index (χ1n) is 5.42. The molecule has 0 saturated heterocycles. The monoisotopic (exact) mass is 261 g/mol. The summed E-state index contributed by atoms with van der Waals surface area (Å²) in [5, 5.41) is 19.5. The van der Waals surface area contributed by atoms with Gasteiger partial charge in [-0.05, 0) is 25.5 Å². The number of aromatic nitrogens is 3. The van der Waals surface area contributed by atoms with Gasteiger partial charge in [0, 0.05) is 17.7 Å². The van der Waals surface area contributed by atoms with Crippen molar-refractivity contribution in [3.05, 3.63) is 45.3 Å². The number of benzene rings is 1. The van der Waals surface area contributed by atoms with E-state index in [1.807, 2.05) is 0 Å². The van der Waals surface area contributed by atoms with Crippen LogP contribution in [0.15, 0.2) is 18.2 Å². The average molecular weight is 261 g/mol. The van der Waals surface area contributed by atoms with Crippen LogP contribution in [0.2, 0.25) is 0 Å². The molecule has 0 saturated carbocycles. The van der Waals surface area contributed by atoms with Gasteiger partial charge in [0.05, 0.1) is 4.92 Å². The number of anilines is 1. The van der Waals surface area contributed by atoms with E-state index in [0.29, 0.717) is 11.4 Å². The molecule has 0 aliphatic rings. The molecular weight excluding hydrogens is 250 g/mol. The first kappa shape index (κ1) is 12.7. The number of H-pyrrole nitrogens is 1. The Labute approximate surface area is 108 Å². The van der Waals surface area contributed by atoms with Crippen LogP contribution in [0.1, 0.15) is 21.7 Å². The van der Waals surface area contributed by atoms with E-state index in [0.717, 1.165) is 0 Å². The van der Waals surface area contributed by atoms with Crippen LogP contribution < -0.4 is 5.32 Å². The Hall–Kier alpha value is -2.77. The number of hydrogen-bond acceptors (Lipinski definition) is 5. The molecule has 0 unspecified atom stereocenters. The summed E-state index contributed by atoms with van der Waals surface area (Å²) >= 11 is 0. The topological polar surface area (TPSA) is 114 Å². The third-order valence-electron chi connectivity index (χ3n) is 2.36. The zero-order valence-corrected chi connectivity index (χ0v) is 10.3. The molecule has 0 aliphatic heterocycles. The van der Waals surface area contributed by atoms with Crippen LogP contribution >= 0.6 is 0 Å². The second-order valence-corrected chi connectivity index (χ2v) is 4.01. The van der Waals surface area contributed by atoms with Crippen LogP contribution in [0.25, 0.3) is 0 Å². The number of hydrogen-bond donors (Lipinski definition) is 2. The average Bonchev–Trinajstić information content (AvgIpc) is 2.73. The van der Waals surface area contributed by atoms with Crippen LogP contribution in [-0.4, -0.2) is 26.0 Å². The molecule has 1 amide bonds. The smallest absolute Gasteiger partial charge is 0.270 e. The molecule has 1 aromatic heterocycles. The lowest BCUT2D eigenvalue weighted by molar-refractivity contribution is -0.384. The highest BCUT2D eigenvalue weighted by atomic mass is 16.6. The summed E-state index contributed by atoms with van der Waals surface area (Å²) in [6, 6.07) is 4.16. The van der Waals surface area contributed by atoms with Gasteiger partial charge in [-0.2, -0.15) is 4.98 Å². The highest BCUT2D eigenvalue weighted by molar-refractivity contribution is 6.03. The lowest BCUT2D eigenvalue weighted by atomic mass is 10.1. The minimum atomic E-state index is -0.541. The van der Waals surface area contributed by atoms with Crippen LogP contribution in [0.3, 0.4) is 0 Å². The first-order valence-corrected chi connectivity index (χ1v) is 5.42. The van der Waals surface area contributed by atoms with Crippen molar-refractivity contribution in [1.82, 2.24) is 15.2 Å². The maximum atomic E-state index is 11.9. The highest BCUT2D eigenvalue weighted by Crippen LogP contribution is 2.17. The number of nitro groups is 1. The van der Waals surface area contributed by atoms with E-state index in [-0.39, 0.29) is 17.2 Å². The molecule has 2 aromatic rings. The van der Waals surface area contributed by atoms with Crippen LogP contribution in [0.4, 0.5) is 11.6 Å². The van der Waals surface area contributed by atoms with E-state index in [2.05, 4.69) is 20.5 Å². The molecule has 2 rings (SSSR count). The first-order chi connectivity index (χ1) is 8.95. The largest absolute Gasteiger partial charge is 0.289 e. The normalized spacial score (nSPS) is 10.2. The molecule has 98 valence electrons. The summed E-state index contributed by atoms with van der Waals surface area (Å²) in [6.45, 7) is 3.38. The Morgan fingerprint density at radius 1 is 1.37 bits per heavy atom. The number of nitrogens with one attached hydrogen (secondary N) is 2. The van der Waals surface area contributed by atoms with Gasteiger partial charge in [-0.15, -0.1) is 5.10 Å². The minimum Gasteiger partial charge on any atom is -0.289 e. The number of aromatic amines is 1. The zero-order chi connectivity index (χ0) is 14.0. The molecule has 1 aromatic carbocycles. The third-order valence-corrected chi connectivity index (χ3v) is 2.36. The van der Waals surface area contributed by atoms with Crippen molar-refractivity contribution in [1.29, 1.82) is 0 Å². The molecule has 0 aliphatic carbocycles. The lowest BCUT2D eigenvalue weighted by Crippen LogP contribution is -2.13. The van der Waals surface area contributed by atoms with Gasteiger partial charge in [0.2, 0.25) is 5.95 Å². The standard InChI is InChI=1S/C11H11N5O3/c1-6-3-8(5-9(4-6)16(18)19)10(17)13-11-12-7(2)14-15-11/h3-5H,1-2H3,(H2,12,13,14,15,17). The maximum absolute atomic E-state index is 11.9. The van der Waals surface area contributed by atoms with Crippen molar-refractivity contribution < 1.29 is 9.72 Å². The number of carbonyl (C=O) groups is 1. The molecule has 19 heavy (non-hydrogen) atoms. The van der Waals surface area contributed by atoms with Crippen molar-refractivity contribution >= 4 is 17.5 Å². The fourth-order valence-corrected chi connectivity index (χ4v) is 1.57. The summed E-state index contributed by atoms with van der Waals surface area (Å²) in [5.41, 5.74) is 0.691. The van der Waals surface area contributed by atoms with Crippen molar-refractivity contribution in [3.63, 3.8) is 0 Å². The van der Waals surface area contributed by atoms with Crippen molar-refractivity contribution in [2.24, 2.45) is 0 Å². The van der Waals surface area contributed by atoms with Gasteiger partial charge in [-0.25, -0.2) is 0 Å². The molecule has 2 N–H and O–H groups in total. The van der Waals surface area contributed by atoms with Crippen LogP contribution in [-0.2, 0) is 0 Å². The summed E-state index contributed by atoms with van der Waals surface area (Å²) in [6.07, 6.45) is 0. The number of rotatable bonds is 3. The molecule has 0 atom stereocenters. The molecule has 0 fully saturated rings.